The normalized spacial score (nSPS) is 15.0. The van der Waals surface area contributed by atoms with Crippen LogP contribution in [0.5, 0.6) is 11.5 Å². The van der Waals surface area contributed by atoms with Crippen molar-refractivity contribution in [3.05, 3.63) is 52.4 Å². The van der Waals surface area contributed by atoms with Crippen molar-refractivity contribution in [2.45, 2.75) is 12.2 Å². The highest BCUT2D eigenvalue weighted by atomic mass is 32.2. The van der Waals surface area contributed by atoms with Crippen LogP contribution in [-0.2, 0) is 5.75 Å². The molecule has 0 aliphatic carbocycles. The molecule has 0 fully saturated rings. The van der Waals surface area contributed by atoms with Crippen LogP contribution in [-0.4, -0.2) is 49.5 Å². The number of hydrogen-bond donors (Lipinski definition) is 1. The average Bonchev–Trinajstić information content (AvgIpc) is 3.40. The fourth-order valence-electron chi connectivity index (χ4n) is 3.60. The van der Waals surface area contributed by atoms with Crippen LogP contribution in [0.1, 0.15) is 16.9 Å². The van der Waals surface area contributed by atoms with Gasteiger partial charge < -0.3 is 14.5 Å². The van der Waals surface area contributed by atoms with Crippen LogP contribution < -0.4 is 9.47 Å². The average molecular weight is 415 g/mol. The molecular formula is C22H26N2O2S2. The van der Waals surface area contributed by atoms with Gasteiger partial charge in [0.25, 0.3) is 0 Å². The lowest BCUT2D eigenvalue weighted by Gasteiger charge is -2.25. The molecule has 1 aliphatic heterocycles. The molecule has 0 saturated carbocycles. The van der Waals surface area contributed by atoms with Gasteiger partial charge in [0.2, 0.25) is 0 Å². The summed E-state index contributed by atoms with van der Waals surface area (Å²) in [5.41, 5.74) is 3.93. The Bertz CT molecular complexity index is 947. The van der Waals surface area contributed by atoms with Gasteiger partial charge in [0, 0.05) is 59.2 Å². The van der Waals surface area contributed by atoms with Crippen molar-refractivity contribution in [1.82, 2.24) is 9.88 Å². The van der Waals surface area contributed by atoms with Gasteiger partial charge in [-0.2, -0.15) is 11.8 Å². The molecule has 1 N–H and O–H groups in total. The number of fused-ring (bicyclic) bond motifs is 1. The molecule has 3 heterocycles. The molecule has 0 unspecified atom stereocenters. The van der Waals surface area contributed by atoms with Crippen LogP contribution in [0.4, 0.5) is 0 Å². The highest BCUT2D eigenvalue weighted by molar-refractivity contribution is 7.98. The lowest BCUT2D eigenvalue weighted by Crippen LogP contribution is -2.30. The van der Waals surface area contributed by atoms with Crippen molar-refractivity contribution in [2.24, 2.45) is 0 Å². The van der Waals surface area contributed by atoms with Gasteiger partial charge in [-0.05, 0) is 35.1 Å². The number of nitrogens with one attached hydrogen (secondary N) is 1. The van der Waals surface area contributed by atoms with Crippen LogP contribution in [0.15, 0.2) is 41.9 Å². The first-order valence-electron chi connectivity index (χ1n) is 9.53. The van der Waals surface area contributed by atoms with Crippen LogP contribution in [0.2, 0.25) is 0 Å². The van der Waals surface area contributed by atoms with Crippen LogP contribution >= 0.6 is 23.1 Å². The van der Waals surface area contributed by atoms with E-state index in [0.717, 1.165) is 54.6 Å². The third kappa shape index (κ3) is 4.24. The summed E-state index contributed by atoms with van der Waals surface area (Å²) >= 11 is 3.83. The van der Waals surface area contributed by atoms with Gasteiger partial charge in [-0.15, -0.1) is 11.3 Å². The smallest absolute Gasteiger partial charge is 0.162 e. The number of thiophene rings is 1. The molecular weight excluding hydrogens is 388 g/mol. The van der Waals surface area contributed by atoms with E-state index < -0.39 is 0 Å². The minimum atomic E-state index is 0.760. The second-order valence-electron chi connectivity index (χ2n) is 6.88. The predicted molar refractivity (Wildman–Crippen MR) is 121 cm³/mol. The summed E-state index contributed by atoms with van der Waals surface area (Å²) in [6.07, 6.45) is 5.67. The summed E-state index contributed by atoms with van der Waals surface area (Å²) in [7, 11) is 3.35. The van der Waals surface area contributed by atoms with Crippen molar-refractivity contribution < 1.29 is 9.47 Å². The molecule has 0 amide bonds. The Balaban J connectivity index is 1.29. The molecule has 0 saturated heterocycles. The summed E-state index contributed by atoms with van der Waals surface area (Å²) in [4.78, 5) is 7.34. The van der Waals surface area contributed by atoms with Crippen molar-refractivity contribution in [1.29, 1.82) is 0 Å². The molecule has 0 spiro atoms. The Labute approximate surface area is 174 Å². The SMILES string of the molecule is COc1cc2[nH]cc(CSCCN3CC=C(c4cccs4)CC3)c2cc1OC. The number of ether oxygens (including phenoxy) is 2. The van der Waals surface area contributed by atoms with E-state index in [9.17, 15) is 0 Å². The van der Waals surface area contributed by atoms with Crippen molar-refractivity contribution >= 4 is 39.6 Å². The summed E-state index contributed by atoms with van der Waals surface area (Å²) in [6.45, 7) is 3.37. The number of thioether (sulfide) groups is 1. The number of rotatable bonds is 8. The first kappa shape index (κ1) is 19.4. The molecule has 0 radical (unpaired) electrons. The summed E-state index contributed by atoms with van der Waals surface area (Å²) in [5.74, 6) is 3.68. The zero-order valence-corrected chi connectivity index (χ0v) is 18.0. The van der Waals surface area contributed by atoms with E-state index in [1.807, 2.05) is 29.2 Å². The monoisotopic (exact) mass is 414 g/mol. The van der Waals surface area contributed by atoms with E-state index in [0.29, 0.717) is 0 Å². The fourth-order valence-corrected chi connectivity index (χ4v) is 5.39. The van der Waals surface area contributed by atoms with Gasteiger partial charge >= 0.3 is 0 Å². The molecule has 1 aromatic carbocycles. The van der Waals surface area contributed by atoms with Crippen LogP contribution in [0.3, 0.4) is 0 Å². The Morgan fingerprint density at radius 2 is 2.07 bits per heavy atom. The molecule has 28 heavy (non-hydrogen) atoms. The fraction of sp³-hybridized carbons (Fsp3) is 0.364. The molecule has 1 aliphatic rings. The highest BCUT2D eigenvalue weighted by Gasteiger charge is 2.14. The van der Waals surface area contributed by atoms with Crippen molar-refractivity contribution in [2.75, 3.05) is 39.6 Å². The second kappa shape index (κ2) is 9.07. The third-order valence-corrected chi connectivity index (χ3v) is 7.14. The van der Waals surface area contributed by atoms with Crippen molar-refractivity contribution in [3.8, 4) is 11.5 Å². The maximum Gasteiger partial charge on any atom is 0.162 e. The first-order valence-corrected chi connectivity index (χ1v) is 11.6. The molecule has 4 rings (SSSR count). The number of aromatic nitrogens is 1. The lowest BCUT2D eigenvalue weighted by molar-refractivity contribution is 0.321. The minimum absolute atomic E-state index is 0.760. The van der Waals surface area contributed by atoms with Gasteiger partial charge in [-0.1, -0.05) is 12.1 Å². The van der Waals surface area contributed by atoms with Gasteiger partial charge in [-0.3, -0.25) is 4.90 Å². The maximum atomic E-state index is 5.45. The maximum absolute atomic E-state index is 5.45. The Morgan fingerprint density at radius 3 is 2.79 bits per heavy atom. The van der Waals surface area contributed by atoms with E-state index >= 15 is 0 Å². The minimum Gasteiger partial charge on any atom is -0.493 e. The first-order chi connectivity index (χ1) is 13.8. The molecule has 0 atom stereocenters. The van der Waals surface area contributed by atoms with Crippen LogP contribution in [0.25, 0.3) is 16.5 Å². The van der Waals surface area contributed by atoms with Crippen LogP contribution in [0, 0.1) is 0 Å². The van der Waals surface area contributed by atoms with E-state index in [1.165, 1.54) is 21.4 Å². The number of H-pyrrole nitrogens is 1. The molecule has 0 bridgehead atoms. The second-order valence-corrected chi connectivity index (χ2v) is 8.93. The number of aromatic amines is 1. The largest absolute Gasteiger partial charge is 0.493 e. The lowest BCUT2D eigenvalue weighted by atomic mass is 10.1. The number of nitrogens with zero attached hydrogens (tertiary/aromatic N) is 1. The third-order valence-electron chi connectivity index (χ3n) is 5.21. The van der Waals surface area contributed by atoms with Gasteiger partial charge in [0.1, 0.15) is 0 Å². The van der Waals surface area contributed by atoms with E-state index in [2.05, 4.69) is 45.7 Å². The molecule has 148 valence electrons. The zero-order valence-electron chi connectivity index (χ0n) is 16.4. The van der Waals surface area contributed by atoms with Gasteiger partial charge in [0.15, 0.2) is 11.5 Å². The number of methoxy groups -OCH3 is 2. The van der Waals surface area contributed by atoms with E-state index in [1.54, 1.807) is 14.2 Å². The summed E-state index contributed by atoms with van der Waals surface area (Å²) < 4.78 is 10.8. The van der Waals surface area contributed by atoms with E-state index in [-0.39, 0.29) is 0 Å². The quantitative estimate of drug-likeness (QED) is 0.510. The molecule has 4 nitrogen and oxygen atoms in total. The Hall–Kier alpha value is -1.89. The topological polar surface area (TPSA) is 37.5 Å². The zero-order chi connectivity index (χ0) is 19.3. The summed E-state index contributed by atoms with van der Waals surface area (Å²) in [5, 5.41) is 3.38. The Morgan fingerprint density at radius 1 is 1.21 bits per heavy atom. The number of benzene rings is 1. The molecule has 3 aromatic rings. The van der Waals surface area contributed by atoms with E-state index in [4.69, 9.17) is 9.47 Å². The molecule has 2 aromatic heterocycles. The number of hydrogen-bond acceptors (Lipinski definition) is 5. The Kier molecular flexibility index (Phi) is 6.29. The van der Waals surface area contributed by atoms with Crippen molar-refractivity contribution in [3.63, 3.8) is 0 Å². The summed E-state index contributed by atoms with van der Waals surface area (Å²) in [6, 6.07) is 8.45. The highest BCUT2D eigenvalue weighted by Crippen LogP contribution is 2.34. The van der Waals surface area contributed by atoms with Gasteiger partial charge in [0.05, 0.1) is 14.2 Å². The molecule has 6 heteroatoms. The van der Waals surface area contributed by atoms with Gasteiger partial charge in [-0.25, -0.2) is 0 Å². The predicted octanol–water partition coefficient (Wildman–Crippen LogP) is 5.27. The standard InChI is InChI=1S/C22H26N2O2S2/c1-25-20-12-18-17(14-23-19(18)13-21(20)26-2)15-27-11-9-24-7-5-16(6-8-24)22-4-3-10-28-22/h3-5,10,12-14,23H,6-9,11,15H2,1-2H3.